The molecule has 0 atom stereocenters. The van der Waals surface area contributed by atoms with Crippen LogP contribution in [0, 0.1) is 18.6 Å². The van der Waals surface area contributed by atoms with E-state index in [1.54, 1.807) is 0 Å². The van der Waals surface area contributed by atoms with Crippen LogP contribution in [0.5, 0.6) is 0 Å². The highest BCUT2D eigenvalue weighted by Crippen LogP contribution is 2.25. The van der Waals surface area contributed by atoms with E-state index in [9.17, 15) is 8.78 Å². The first-order chi connectivity index (χ1) is 9.15. The summed E-state index contributed by atoms with van der Waals surface area (Å²) in [7, 11) is 0. The maximum atomic E-state index is 13.3. The lowest BCUT2D eigenvalue weighted by Crippen LogP contribution is -1.91. The van der Waals surface area contributed by atoms with Gasteiger partial charge in [0, 0.05) is 10.9 Å². The predicted octanol–water partition coefficient (Wildman–Crippen LogP) is 4.49. The molecule has 0 N–H and O–H groups in total. The molecule has 0 fully saturated rings. The minimum Gasteiger partial charge on any atom is -0.248 e. The van der Waals surface area contributed by atoms with E-state index in [0.717, 1.165) is 22.5 Å². The molecule has 0 spiro atoms. The molecule has 1 nitrogen and oxygen atoms in total. The van der Waals surface area contributed by atoms with Crippen molar-refractivity contribution in [1.82, 2.24) is 4.98 Å². The van der Waals surface area contributed by atoms with E-state index < -0.39 is 11.6 Å². The molecule has 3 aromatic rings. The summed E-state index contributed by atoms with van der Waals surface area (Å²) in [5.74, 6) is -1.70. The second kappa shape index (κ2) is 4.43. The molecule has 1 heterocycles. The highest BCUT2D eigenvalue weighted by Gasteiger charge is 2.08. The Bertz CT molecular complexity index is 766. The van der Waals surface area contributed by atoms with Gasteiger partial charge in [0.05, 0.1) is 11.2 Å². The van der Waals surface area contributed by atoms with Crippen LogP contribution in [0.15, 0.2) is 48.5 Å². The molecule has 0 aliphatic heterocycles. The number of fused-ring (bicyclic) bond motifs is 1. The van der Waals surface area contributed by atoms with Crippen molar-refractivity contribution in [3.8, 4) is 11.3 Å². The van der Waals surface area contributed by atoms with Gasteiger partial charge < -0.3 is 0 Å². The molecule has 0 radical (unpaired) electrons. The van der Waals surface area contributed by atoms with Crippen molar-refractivity contribution in [3.05, 3.63) is 65.7 Å². The van der Waals surface area contributed by atoms with Crippen molar-refractivity contribution < 1.29 is 8.78 Å². The van der Waals surface area contributed by atoms with Crippen LogP contribution in [-0.4, -0.2) is 4.98 Å². The van der Waals surface area contributed by atoms with E-state index in [1.165, 1.54) is 12.1 Å². The van der Waals surface area contributed by atoms with Crippen LogP contribution in [0.25, 0.3) is 22.2 Å². The molecule has 0 saturated carbocycles. The minimum absolute atomic E-state index is 0.577. The average molecular weight is 255 g/mol. The Labute approximate surface area is 109 Å². The van der Waals surface area contributed by atoms with Crippen molar-refractivity contribution in [3.63, 3.8) is 0 Å². The van der Waals surface area contributed by atoms with Gasteiger partial charge in [-0.3, -0.25) is 0 Å². The maximum Gasteiger partial charge on any atom is 0.159 e. The Morgan fingerprint density at radius 2 is 1.68 bits per heavy atom. The fourth-order valence-electron chi connectivity index (χ4n) is 2.15. The highest BCUT2D eigenvalue weighted by atomic mass is 19.2. The number of halogens is 2. The van der Waals surface area contributed by atoms with Gasteiger partial charge in [-0.15, -0.1) is 0 Å². The van der Waals surface area contributed by atoms with E-state index in [4.69, 9.17) is 0 Å². The lowest BCUT2D eigenvalue weighted by molar-refractivity contribution is 0.509. The summed E-state index contributed by atoms with van der Waals surface area (Å²) in [6, 6.07) is 13.5. The molecule has 19 heavy (non-hydrogen) atoms. The molecular formula is C16H11F2N. The number of aryl methyl sites for hydroxylation is 1. The van der Waals surface area contributed by atoms with Crippen molar-refractivity contribution in [2.45, 2.75) is 6.92 Å². The van der Waals surface area contributed by atoms with E-state index in [1.807, 2.05) is 37.3 Å². The topological polar surface area (TPSA) is 12.9 Å². The summed E-state index contributed by atoms with van der Waals surface area (Å²) in [5.41, 5.74) is 3.13. The molecule has 2 aromatic carbocycles. The summed E-state index contributed by atoms with van der Waals surface area (Å²) < 4.78 is 26.2. The first kappa shape index (κ1) is 11.8. The van der Waals surface area contributed by atoms with Gasteiger partial charge in [-0.05, 0) is 42.8 Å². The first-order valence-corrected chi connectivity index (χ1v) is 5.97. The Morgan fingerprint density at radius 3 is 2.47 bits per heavy atom. The Kier molecular flexibility index (Phi) is 2.75. The molecule has 94 valence electrons. The van der Waals surface area contributed by atoms with Crippen LogP contribution in [0.3, 0.4) is 0 Å². The molecular weight excluding hydrogens is 244 g/mol. The van der Waals surface area contributed by atoms with Gasteiger partial charge in [-0.1, -0.05) is 18.2 Å². The Morgan fingerprint density at radius 1 is 0.895 bits per heavy atom. The van der Waals surface area contributed by atoms with Gasteiger partial charge in [0.15, 0.2) is 11.6 Å². The van der Waals surface area contributed by atoms with Crippen LogP contribution >= 0.6 is 0 Å². The molecule has 0 amide bonds. The van der Waals surface area contributed by atoms with E-state index >= 15 is 0 Å². The molecule has 0 aliphatic rings. The van der Waals surface area contributed by atoms with Crippen LogP contribution in [-0.2, 0) is 0 Å². The molecule has 3 heteroatoms. The van der Waals surface area contributed by atoms with Gasteiger partial charge in [-0.2, -0.15) is 0 Å². The zero-order chi connectivity index (χ0) is 13.4. The van der Waals surface area contributed by atoms with Crippen molar-refractivity contribution in [1.29, 1.82) is 0 Å². The zero-order valence-electron chi connectivity index (χ0n) is 10.3. The number of hydrogen-bond donors (Lipinski definition) is 0. The predicted molar refractivity (Wildman–Crippen MR) is 71.8 cm³/mol. The molecule has 0 unspecified atom stereocenters. The average Bonchev–Trinajstić information content (AvgIpc) is 2.42. The summed E-state index contributed by atoms with van der Waals surface area (Å²) in [5, 5.41) is 1.06. The third-order valence-corrected chi connectivity index (χ3v) is 3.14. The smallest absolute Gasteiger partial charge is 0.159 e. The van der Waals surface area contributed by atoms with Crippen LogP contribution < -0.4 is 0 Å². The molecule has 1 aromatic heterocycles. The number of pyridine rings is 1. The monoisotopic (exact) mass is 255 g/mol. The summed E-state index contributed by atoms with van der Waals surface area (Å²) >= 11 is 0. The summed E-state index contributed by atoms with van der Waals surface area (Å²) in [6.07, 6.45) is 0. The number of nitrogens with zero attached hydrogens (tertiary/aromatic N) is 1. The molecule has 3 rings (SSSR count). The normalized spacial score (nSPS) is 10.9. The minimum atomic E-state index is -0.856. The molecule has 0 aliphatic carbocycles. The first-order valence-electron chi connectivity index (χ1n) is 5.97. The maximum absolute atomic E-state index is 13.3. The van der Waals surface area contributed by atoms with Gasteiger partial charge in [0.25, 0.3) is 0 Å². The van der Waals surface area contributed by atoms with E-state index in [2.05, 4.69) is 4.98 Å². The number of benzene rings is 2. The second-order valence-electron chi connectivity index (χ2n) is 4.47. The summed E-state index contributed by atoms with van der Waals surface area (Å²) in [6.45, 7) is 1.98. The highest BCUT2D eigenvalue weighted by molar-refractivity contribution is 5.84. The number of para-hydroxylation sites is 1. The largest absolute Gasteiger partial charge is 0.248 e. The molecule has 0 saturated heterocycles. The number of aromatic nitrogens is 1. The zero-order valence-corrected chi connectivity index (χ0v) is 10.3. The van der Waals surface area contributed by atoms with Gasteiger partial charge in [-0.25, -0.2) is 13.8 Å². The standard InChI is InChI=1S/C16H11F2N/c1-10-8-16(11-6-7-13(17)14(18)9-11)19-15-5-3-2-4-12(10)15/h2-9H,1H3. The third kappa shape index (κ3) is 2.08. The lowest BCUT2D eigenvalue weighted by Gasteiger charge is -2.07. The van der Waals surface area contributed by atoms with Gasteiger partial charge in [0.1, 0.15) is 0 Å². The molecule has 0 bridgehead atoms. The Balaban J connectivity index is 2.22. The fourth-order valence-corrected chi connectivity index (χ4v) is 2.15. The van der Waals surface area contributed by atoms with Crippen molar-refractivity contribution >= 4 is 10.9 Å². The van der Waals surface area contributed by atoms with Gasteiger partial charge in [0.2, 0.25) is 0 Å². The second-order valence-corrected chi connectivity index (χ2v) is 4.47. The Hall–Kier alpha value is -2.29. The van der Waals surface area contributed by atoms with Gasteiger partial charge >= 0.3 is 0 Å². The van der Waals surface area contributed by atoms with E-state index in [0.29, 0.717) is 11.3 Å². The van der Waals surface area contributed by atoms with Crippen LogP contribution in [0.2, 0.25) is 0 Å². The van der Waals surface area contributed by atoms with Crippen LogP contribution in [0.1, 0.15) is 5.56 Å². The fraction of sp³-hybridized carbons (Fsp3) is 0.0625. The van der Waals surface area contributed by atoms with Crippen molar-refractivity contribution in [2.75, 3.05) is 0 Å². The lowest BCUT2D eigenvalue weighted by atomic mass is 10.1. The summed E-state index contributed by atoms with van der Waals surface area (Å²) in [4.78, 5) is 4.49. The third-order valence-electron chi connectivity index (χ3n) is 3.14. The quantitative estimate of drug-likeness (QED) is 0.624. The SMILES string of the molecule is Cc1cc(-c2ccc(F)c(F)c2)nc2ccccc12. The van der Waals surface area contributed by atoms with E-state index in [-0.39, 0.29) is 0 Å². The van der Waals surface area contributed by atoms with Crippen LogP contribution in [0.4, 0.5) is 8.78 Å². The number of rotatable bonds is 1. The number of hydrogen-bond acceptors (Lipinski definition) is 1. The van der Waals surface area contributed by atoms with Crippen molar-refractivity contribution in [2.24, 2.45) is 0 Å².